The van der Waals surface area contributed by atoms with Crippen molar-refractivity contribution in [3.63, 3.8) is 0 Å². The van der Waals surface area contributed by atoms with Gasteiger partial charge >= 0.3 is 8.17 Å². The van der Waals surface area contributed by atoms with Gasteiger partial charge in [0.2, 0.25) is 11.9 Å². The summed E-state index contributed by atoms with van der Waals surface area (Å²) in [4.78, 5) is 53.1. The van der Waals surface area contributed by atoms with E-state index < -0.39 is 44.2 Å². The van der Waals surface area contributed by atoms with Crippen molar-refractivity contribution in [2.45, 2.75) is 29.7 Å². The standard InChI is InChI=1S/C12H15N6O8PS/c13-4(19)2-28-12-15-5-8(16-11(14)17-9(5)21)18(12)10-6(20)7-3(25-10)1-24-27(22,23)26-7/h3,6-7,10,20,22-23H,1-2H2,(H4-,13,14,16,17,19,21)/p+1/t3?,6?,7-,10-/m1/s1. The minimum Gasteiger partial charge on any atom is -0.385 e. The topological polar surface area (TPSA) is 221 Å². The Hall–Kier alpha value is -1.84. The number of amides is 1. The van der Waals surface area contributed by atoms with E-state index in [2.05, 4.69) is 15.0 Å². The van der Waals surface area contributed by atoms with Gasteiger partial charge in [-0.05, 0) is 0 Å². The smallest absolute Gasteiger partial charge is 0.385 e. The summed E-state index contributed by atoms with van der Waals surface area (Å²) in [6, 6.07) is 0. The zero-order chi connectivity index (χ0) is 20.2. The van der Waals surface area contributed by atoms with E-state index in [0.717, 1.165) is 11.8 Å². The lowest BCUT2D eigenvalue weighted by Crippen LogP contribution is -2.40. The lowest BCUT2D eigenvalue weighted by molar-refractivity contribution is -0.115. The molecule has 4 heterocycles. The molecule has 1 amide bonds. The van der Waals surface area contributed by atoms with Crippen LogP contribution in [-0.4, -0.2) is 71.0 Å². The average molecular weight is 435 g/mol. The fourth-order valence-electron chi connectivity index (χ4n) is 3.00. The fourth-order valence-corrected chi connectivity index (χ4v) is 4.74. The predicted octanol–water partition coefficient (Wildman–Crippen LogP) is -2.38. The molecular formula is C12H16N6O8PS+. The Kier molecular flexibility index (Phi) is 4.79. The quantitative estimate of drug-likeness (QED) is 0.219. The Morgan fingerprint density at radius 3 is 2.89 bits per heavy atom. The number of ether oxygens (including phenoxy) is 1. The first-order valence-electron chi connectivity index (χ1n) is 7.86. The van der Waals surface area contributed by atoms with Crippen molar-refractivity contribution in [2.24, 2.45) is 5.73 Å². The predicted molar refractivity (Wildman–Crippen MR) is 94.6 cm³/mol. The second-order valence-electron chi connectivity index (χ2n) is 6.05. The van der Waals surface area contributed by atoms with Crippen molar-refractivity contribution in [1.29, 1.82) is 0 Å². The molecule has 0 radical (unpaired) electrons. The molecule has 4 atom stereocenters. The number of rotatable bonds is 4. The molecule has 14 nitrogen and oxygen atoms in total. The van der Waals surface area contributed by atoms with Crippen molar-refractivity contribution >= 4 is 43.0 Å². The number of anilines is 1. The zero-order valence-corrected chi connectivity index (χ0v) is 15.7. The van der Waals surface area contributed by atoms with Crippen LogP contribution in [-0.2, 0) is 18.6 Å². The molecule has 2 aromatic rings. The van der Waals surface area contributed by atoms with Gasteiger partial charge < -0.3 is 21.3 Å². The second kappa shape index (κ2) is 6.89. The molecule has 0 spiro atoms. The van der Waals surface area contributed by atoms with Gasteiger partial charge in [-0.2, -0.15) is 19.3 Å². The first kappa shape index (κ1) is 19.5. The Morgan fingerprint density at radius 2 is 2.18 bits per heavy atom. The number of aliphatic hydroxyl groups excluding tert-OH is 1. The van der Waals surface area contributed by atoms with Crippen LogP contribution in [0.4, 0.5) is 5.95 Å². The molecule has 0 aliphatic carbocycles. The molecule has 2 aliphatic rings. The molecule has 16 heteroatoms. The third kappa shape index (κ3) is 3.35. The number of carbonyl (C=O) groups excluding carboxylic acids is 1. The number of H-pyrrole nitrogens is 1. The number of imidazole rings is 1. The monoisotopic (exact) mass is 435 g/mol. The van der Waals surface area contributed by atoms with Crippen molar-refractivity contribution in [1.82, 2.24) is 19.5 Å². The van der Waals surface area contributed by atoms with Gasteiger partial charge in [-0.15, -0.1) is 4.52 Å². The minimum absolute atomic E-state index is 0.00546. The summed E-state index contributed by atoms with van der Waals surface area (Å²) in [7, 11) is -4.07. The number of nitrogen functional groups attached to an aromatic ring is 1. The molecule has 0 aromatic carbocycles. The molecule has 8 N–H and O–H groups in total. The Bertz CT molecular complexity index is 996. The van der Waals surface area contributed by atoms with Crippen LogP contribution in [0.1, 0.15) is 6.23 Å². The summed E-state index contributed by atoms with van der Waals surface area (Å²) in [5.41, 5.74) is 10.1. The molecule has 152 valence electrons. The fraction of sp³-hybridized carbons (Fsp3) is 0.500. The lowest BCUT2D eigenvalue weighted by atomic mass is 10.1. The normalized spacial score (nSPS) is 29.1. The molecule has 2 unspecified atom stereocenters. The first-order valence-corrected chi connectivity index (χ1v) is 10.4. The summed E-state index contributed by atoms with van der Waals surface area (Å²) < 4.78 is 16.9. The number of fused-ring (bicyclic) bond motifs is 2. The summed E-state index contributed by atoms with van der Waals surface area (Å²) in [5.74, 6) is -0.975. The van der Waals surface area contributed by atoms with Crippen molar-refractivity contribution in [3.8, 4) is 0 Å². The van der Waals surface area contributed by atoms with Gasteiger partial charge in [0.05, 0.1) is 5.75 Å². The number of aromatic amines is 1. The lowest BCUT2D eigenvalue weighted by Gasteiger charge is -2.24. The number of carbonyl (C=O) groups is 1. The van der Waals surface area contributed by atoms with Gasteiger partial charge in [0.25, 0.3) is 5.56 Å². The highest BCUT2D eigenvalue weighted by Crippen LogP contribution is 2.59. The summed E-state index contributed by atoms with van der Waals surface area (Å²) in [5, 5.41) is 10.8. The van der Waals surface area contributed by atoms with Crippen LogP contribution in [0.2, 0.25) is 0 Å². The van der Waals surface area contributed by atoms with Crippen LogP contribution >= 0.6 is 19.9 Å². The second-order valence-corrected chi connectivity index (χ2v) is 8.45. The number of hydrogen-bond acceptors (Lipinski definition) is 12. The van der Waals surface area contributed by atoms with E-state index in [0.29, 0.717) is 0 Å². The number of primary amides is 1. The third-order valence-electron chi connectivity index (χ3n) is 4.11. The Labute approximate surface area is 160 Å². The van der Waals surface area contributed by atoms with Crippen molar-refractivity contribution in [2.75, 3.05) is 18.1 Å². The van der Waals surface area contributed by atoms with E-state index >= 15 is 0 Å². The maximum Gasteiger partial charge on any atom is 0.570 e. The van der Waals surface area contributed by atoms with Gasteiger partial charge in [0.15, 0.2) is 28.7 Å². The largest absolute Gasteiger partial charge is 0.570 e. The first-order chi connectivity index (χ1) is 13.2. The van der Waals surface area contributed by atoms with E-state index in [1.165, 1.54) is 4.57 Å². The molecule has 28 heavy (non-hydrogen) atoms. The van der Waals surface area contributed by atoms with Gasteiger partial charge in [0, 0.05) is 0 Å². The van der Waals surface area contributed by atoms with Crippen LogP contribution in [0.15, 0.2) is 9.95 Å². The molecule has 4 rings (SSSR count). The van der Waals surface area contributed by atoms with E-state index in [1.54, 1.807) is 0 Å². The summed E-state index contributed by atoms with van der Waals surface area (Å²) in [6.07, 6.45) is -4.49. The SMILES string of the molecule is NC(=O)CSc1nc2c(=O)[nH]c(N)nc2n1[C@@H]1OC2CO[P+](O)(O)O[C@H]2C1O. The minimum atomic E-state index is -4.07. The van der Waals surface area contributed by atoms with Gasteiger partial charge in [-0.25, -0.2) is 4.98 Å². The molecule has 2 fully saturated rings. The van der Waals surface area contributed by atoms with Gasteiger partial charge in [0.1, 0.15) is 18.8 Å². The van der Waals surface area contributed by atoms with Crippen LogP contribution < -0.4 is 17.0 Å². The zero-order valence-electron chi connectivity index (χ0n) is 14.0. The highest BCUT2D eigenvalue weighted by Gasteiger charge is 2.60. The van der Waals surface area contributed by atoms with E-state index in [4.69, 9.17) is 25.3 Å². The van der Waals surface area contributed by atoms with Crippen molar-refractivity contribution < 1.29 is 33.5 Å². The molecule has 0 bridgehead atoms. The van der Waals surface area contributed by atoms with E-state index in [-0.39, 0.29) is 34.6 Å². The van der Waals surface area contributed by atoms with Crippen LogP contribution in [0.5, 0.6) is 0 Å². The number of aliphatic hydroxyl groups is 1. The van der Waals surface area contributed by atoms with E-state index in [9.17, 15) is 24.5 Å². The molecule has 2 aromatic heterocycles. The maximum absolute atomic E-state index is 12.2. The molecular weight excluding hydrogens is 419 g/mol. The maximum atomic E-state index is 12.2. The number of nitrogens with zero attached hydrogens (tertiary/aromatic N) is 3. The number of nitrogens with two attached hydrogens (primary N) is 2. The summed E-state index contributed by atoms with van der Waals surface area (Å²) in [6.45, 7) is -0.231. The Morgan fingerprint density at radius 1 is 1.43 bits per heavy atom. The van der Waals surface area contributed by atoms with Gasteiger partial charge in [-0.3, -0.25) is 19.1 Å². The number of hydrogen-bond donors (Lipinski definition) is 6. The summed E-state index contributed by atoms with van der Waals surface area (Å²) >= 11 is 0.906. The Balaban J connectivity index is 1.79. The third-order valence-corrected chi connectivity index (χ3v) is 6.09. The molecule has 2 aliphatic heterocycles. The van der Waals surface area contributed by atoms with Crippen LogP contribution in [0.25, 0.3) is 11.2 Å². The average Bonchev–Trinajstić information content (AvgIpc) is 3.10. The van der Waals surface area contributed by atoms with Gasteiger partial charge in [-0.1, -0.05) is 11.8 Å². The number of nitrogens with one attached hydrogen (secondary N) is 1. The highest BCUT2D eigenvalue weighted by molar-refractivity contribution is 7.99. The van der Waals surface area contributed by atoms with Crippen LogP contribution in [0, 0.1) is 0 Å². The van der Waals surface area contributed by atoms with Crippen molar-refractivity contribution in [3.05, 3.63) is 10.4 Å². The van der Waals surface area contributed by atoms with E-state index in [1.807, 2.05) is 0 Å². The number of thioether (sulfide) groups is 1. The number of aromatic nitrogens is 4. The molecule has 2 saturated heterocycles. The van der Waals surface area contributed by atoms with Crippen LogP contribution in [0.3, 0.4) is 0 Å². The highest BCUT2D eigenvalue weighted by atomic mass is 32.2. The molecule has 0 saturated carbocycles.